The Labute approximate surface area is 125 Å². The molecule has 0 aliphatic carbocycles. The van der Waals surface area contributed by atoms with Crippen molar-refractivity contribution in [2.24, 2.45) is 0 Å². The Kier molecular flexibility index (Phi) is 3.08. The smallest absolute Gasteiger partial charge is 0.246 e. The third kappa shape index (κ3) is 2.18. The third-order valence-electron chi connectivity index (χ3n) is 3.98. The molecule has 1 atom stereocenters. The van der Waals surface area contributed by atoms with Gasteiger partial charge in [-0.3, -0.25) is 15.0 Å². The first-order chi connectivity index (χ1) is 10.2. The molecular formula is C15H14FN3OS. The molecule has 1 unspecified atom stereocenters. The number of hydrogen-bond acceptors (Lipinski definition) is 4. The molecule has 4 rings (SSSR count). The van der Waals surface area contributed by atoms with Gasteiger partial charge >= 0.3 is 0 Å². The van der Waals surface area contributed by atoms with E-state index in [2.05, 4.69) is 10.3 Å². The number of nitrogens with zero attached hydrogens (tertiary/aromatic N) is 2. The zero-order valence-corrected chi connectivity index (χ0v) is 12.1. The fourth-order valence-electron chi connectivity index (χ4n) is 2.89. The molecule has 3 heterocycles. The lowest BCUT2D eigenvalue weighted by Gasteiger charge is -2.20. The highest BCUT2D eigenvalue weighted by molar-refractivity contribution is 7.99. The minimum Gasteiger partial charge on any atom is -0.296 e. The molecule has 21 heavy (non-hydrogen) atoms. The fraction of sp³-hybridized carbons (Fsp3) is 0.333. The van der Waals surface area contributed by atoms with E-state index in [-0.39, 0.29) is 17.8 Å². The van der Waals surface area contributed by atoms with Crippen molar-refractivity contribution in [2.75, 3.05) is 23.1 Å². The Balaban J connectivity index is 1.74. The van der Waals surface area contributed by atoms with Gasteiger partial charge in [0, 0.05) is 29.6 Å². The van der Waals surface area contributed by atoms with Crippen LogP contribution in [0, 0.1) is 5.82 Å². The van der Waals surface area contributed by atoms with E-state index in [0.29, 0.717) is 17.9 Å². The number of fused-ring (bicyclic) bond motifs is 2. The van der Waals surface area contributed by atoms with Crippen molar-refractivity contribution in [3.8, 4) is 0 Å². The maximum Gasteiger partial charge on any atom is 0.246 e. The Hall–Kier alpha value is -1.66. The van der Waals surface area contributed by atoms with E-state index in [9.17, 15) is 9.18 Å². The van der Waals surface area contributed by atoms with Crippen LogP contribution in [0.5, 0.6) is 0 Å². The van der Waals surface area contributed by atoms with E-state index in [0.717, 1.165) is 29.0 Å². The number of pyridine rings is 1. The molecule has 2 aromatic rings. The van der Waals surface area contributed by atoms with Gasteiger partial charge in [-0.1, -0.05) is 0 Å². The lowest BCUT2D eigenvalue weighted by Crippen LogP contribution is -2.44. The number of hydrogen-bond donors (Lipinski definition) is 1. The van der Waals surface area contributed by atoms with Gasteiger partial charge in [-0.05, 0) is 30.2 Å². The highest BCUT2D eigenvalue weighted by Crippen LogP contribution is 2.30. The standard InChI is InChI=1S/C15H14FN3OS/c16-11-2-1-9-5-10-3-4-19(14(10)18-12(9)6-11)15(20)13-7-21-8-17-13/h1-2,5-6,13,17H,3-4,7-8H2. The largest absolute Gasteiger partial charge is 0.296 e. The van der Waals surface area contributed by atoms with Gasteiger partial charge in [0.2, 0.25) is 5.91 Å². The lowest BCUT2D eigenvalue weighted by atomic mass is 10.1. The van der Waals surface area contributed by atoms with E-state index < -0.39 is 0 Å². The minimum absolute atomic E-state index is 0.0713. The first-order valence-electron chi connectivity index (χ1n) is 6.94. The summed E-state index contributed by atoms with van der Waals surface area (Å²) < 4.78 is 13.4. The van der Waals surface area contributed by atoms with Crippen molar-refractivity contribution < 1.29 is 9.18 Å². The van der Waals surface area contributed by atoms with Crippen LogP contribution in [0.15, 0.2) is 24.3 Å². The first kappa shape index (κ1) is 13.0. The summed E-state index contributed by atoms with van der Waals surface area (Å²) >= 11 is 1.73. The van der Waals surface area contributed by atoms with Gasteiger partial charge in [0.05, 0.1) is 11.6 Å². The van der Waals surface area contributed by atoms with Crippen LogP contribution in [0.1, 0.15) is 5.56 Å². The van der Waals surface area contributed by atoms with E-state index in [1.807, 2.05) is 6.07 Å². The summed E-state index contributed by atoms with van der Waals surface area (Å²) in [7, 11) is 0. The zero-order chi connectivity index (χ0) is 14.4. The van der Waals surface area contributed by atoms with Gasteiger partial charge in [-0.25, -0.2) is 9.37 Å². The van der Waals surface area contributed by atoms with E-state index in [1.165, 1.54) is 12.1 Å². The van der Waals surface area contributed by atoms with Gasteiger partial charge in [0.15, 0.2) is 0 Å². The van der Waals surface area contributed by atoms with Crippen molar-refractivity contribution in [2.45, 2.75) is 12.5 Å². The summed E-state index contributed by atoms with van der Waals surface area (Å²) in [6.07, 6.45) is 0.807. The van der Waals surface area contributed by atoms with Crippen LogP contribution in [0.3, 0.4) is 0 Å². The monoisotopic (exact) mass is 303 g/mol. The van der Waals surface area contributed by atoms with Crippen LogP contribution in [-0.4, -0.2) is 35.1 Å². The summed E-state index contributed by atoms with van der Waals surface area (Å²) in [5.41, 5.74) is 1.66. The second kappa shape index (κ2) is 4.96. The molecule has 1 N–H and O–H groups in total. The van der Waals surface area contributed by atoms with Crippen LogP contribution in [0.4, 0.5) is 10.2 Å². The molecule has 1 fully saturated rings. The number of benzene rings is 1. The summed E-state index contributed by atoms with van der Waals surface area (Å²) in [5.74, 6) is 2.07. The second-order valence-corrected chi connectivity index (χ2v) is 6.35. The van der Waals surface area contributed by atoms with Crippen molar-refractivity contribution in [3.05, 3.63) is 35.6 Å². The predicted molar refractivity (Wildman–Crippen MR) is 82.0 cm³/mol. The van der Waals surface area contributed by atoms with Crippen LogP contribution < -0.4 is 10.2 Å². The Morgan fingerprint density at radius 2 is 2.33 bits per heavy atom. The zero-order valence-electron chi connectivity index (χ0n) is 11.3. The lowest BCUT2D eigenvalue weighted by molar-refractivity contribution is -0.119. The molecule has 1 amide bonds. The average Bonchev–Trinajstić information content (AvgIpc) is 3.13. The molecule has 2 aliphatic heterocycles. The number of rotatable bonds is 1. The van der Waals surface area contributed by atoms with Crippen molar-refractivity contribution in [3.63, 3.8) is 0 Å². The number of carbonyl (C=O) groups is 1. The maximum atomic E-state index is 13.4. The molecule has 0 bridgehead atoms. The number of nitrogens with one attached hydrogen (secondary N) is 1. The molecule has 0 radical (unpaired) electrons. The summed E-state index contributed by atoms with van der Waals surface area (Å²) in [6, 6.07) is 6.47. The minimum atomic E-state index is -0.306. The first-order valence-corrected chi connectivity index (χ1v) is 8.09. The van der Waals surface area contributed by atoms with Gasteiger partial charge in [0.25, 0.3) is 0 Å². The van der Waals surface area contributed by atoms with Crippen molar-refractivity contribution >= 4 is 34.4 Å². The summed E-state index contributed by atoms with van der Waals surface area (Å²) in [5, 5.41) is 4.11. The van der Waals surface area contributed by atoms with Crippen LogP contribution >= 0.6 is 11.8 Å². The number of amides is 1. The Morgan fingerprint density at radius 3 is 3.14 bits per heavy atom. The summed E-state index contributed by atoms with van der Waals surface area (Å²) in [4.78, 5) is 18.8. The molecular weight excluding hydrogens is 289 g/mol. The van der Waals surface area contributed by atoms with Crippen molar-refractivity contribution in [1.82, 2.24) is 10.3 Å². The number of halogens is 1. The highest BCUT2D eigenvalue weighted by Gasteiger charge is 2.33. The van der Waals surface area contributed by atoms with E-state index in [1.54, 1.807) is 22.7 Å². The predicted octanol–water partition coefficient (Wildman–Crippen LogP) is 1.93. The maximum absolute atomic E-state index is 13.4. The van der Waals surface area contributed by atoms with Crippen LogP contribution in [-0.2, 0) is 11.2 Å². The molecule has 0 saturated carbocycles. The van der Waals surface area contributed by atoms with Gasteiger partial charge in [0.1, 0.15) is 11.6 Å². The number of thioether (sulfide) groups is 1. The van der Waals surface area contributed by atoms with Gasteiger partial charge in [-0.15, -0.1) is 11.8 Å². The van der Waals surface area contributed by atoms with Crippen LogP contribution in [0.25, 0.3) is 10.9 Å². The summed E-state index contributed by atoms with van der Waals surface area (Å²) in [6.45, 7) is 0.656. The normalized spacial score (nSPS) is 21.0. The molecule has 1 aromatic carbocycles. The van der Waals surface area contributed by atoms with E-state index in [4.69, 9.17) is 0 Å². The number of anilines is 1. The Morgan fingerprint density at radius 1 is 1.43 bits per heavy atom. The van der Waals surface area contributed by atoms with Crippen LogP contribution in [0.2, 0.25) is 0 Å². The molecule has 0 spiro atoms. The molecule has 4 nitrogen and oxygen atoms in total. The number of aromatic nitrogens is 1. The number of carbonyl (C=O) groups excluding carboxylic acids is 1. The molecule has 6 heteroatoms. The molecule has 2 aliphatic rings. The van der Waals surface area contributed by atoms with Crippen molar-refractivity contribution in [1.29, 1.82) is 0 Å². The average molecular weight is 303 g/mol. The molecule has 108 valence electrons. The topological polar surface area (TPSA) is 45.2 Å². The highest BCUT2D eigenvalue weighted by atomic mass is 32.2. The second-order valence-electron chi connectivity index (χ2n) is 5.32. The molecule has 1 saturated heterocycles. The van der Waals surface area contributed by atoms with Gasteiger partial charge in [-0.2, -0.15) is 0 Å². The fourth-order valence-corrected chi connectivity index (χ4v) is 3.82. The third-order valence-corrected chi connectivity index (χ3v) is 4.92. The Bertz CT molecular complexity index is 730. The van der Waals surface area contributed by atoms with E-state index >= 15 is 0 Å². The SMILES string of the molecule is O=C(C1CSCN1)N1CCc2cc3ccc(F)cc3nc21. The van der Waals surface area contributed by atoms with Gasteiger partial charge < -0.3 is 0 Å². The quantitative estimate of drug-likeness (QED) is 0.874. The molecule has 1 aromatic heterocycles.